The molecule has 1 unspecified atom stereocenters. The second-order valence-electron chi connectivity index (χ2n) is 6.35. The van der Waals surface area contributed by atoms with Crippen LogP contribution in [0.4, 0.5) is 0 Å². The number of halogens is 1. The second kappa shape index (κ2) is 7.84. The van der Waals surface area contributed by atoms with Gasteiger partial charge in [-0.2, -0.15) is 0 Å². The van der Waals surface area contributed by atoms with E-state index in [2.05, 4.69) is 31.2 Å². The molecule has 1 saturated heterocycles. The van der Waals surface area contributed by atoms with Crippen LogP contribution in [0.3, 0.4) is 0 Å². The van der Waals surface area contributed by atoms with Gasteiger partial charge in [0.1, 0.15) is 0 Å². The third kappa shape index (κ3) is 4.74. The van der Waals surface area contributed by atoms with Gasteiger partial charge in [-0.3, -0.25) is 4.79 Å². The van der Waals surface area contributed by atoms with Crippen LogP contribution in [0.15, 0.2) is 24.3 Å². The Bertz CT molecular complexity index is 449. The largest absolute Gasteiger partial charge is 0.342 e. The minimum Gasteiger partial charge on any atom is -0.342 e. The highest BCUT2D eigenvalue weighted by molar-refractivity contribution is 6.19. The minimum atomic E-state index is -0.0456. The van der Waals surface area contributed by atoms with Crippen molar-refractivity contribution in [1.82, 2.24) is 4.90 Å². The molecule has 1 aromatic carbocycles. The van der Waals surface area contributed by atoms with Gasteiger partial charge in [-0.1, -0.05) is 36.8 Å². The van der Waals surface area contributed by atoms with Gasteiger partial charge >= 0.3 is 0 Å². The lowest BCUT2D eigenvalue weighted by molar-refractivity contribution is -0.135. The van der Waals surface area contributed by atoms with Gasteiger partial charge in [-0.15, -0.1) is 11.6 Å². The number of hydrogen-bond donors (Lipinski definition) is 0. The lowest BCUT2D eigenvalue weighted by atomic mass is 9.90. The molecule has 2 rings (SSSR count). The van der Waals surface area contributed by atoms with Crippen LogP contribution in [0.25, 0.3) is 0 Å². The van der Waals surface area contributed by atoms with Crippen LogP contribution in [-0.4, -0.2) is 29.8 Å². The number of rotatable bonds is 5. The van der Waals surface area contributed by atoms with E-state index in [4.69, 9.17) is 11.6 Å². The summed E-state index contributed by atoms with van der Waals surface area (Å²) in [5, 5.41) is 0. The number of piperidine rings is 1. The quantitative estimate of drug-likeness (QED) is 0.752. The molecule has 0 aromatic heterocycles. The first-order valence-corrected chi connectivity index (χ1v) is 8.54. The number of carbonyl (C=O) groups excluding carboxylic acids is 1. The first-order valence-electron chi connectivity index (χ1n) is 8.00. The predicted octanol–water partition coefficient (Wildman–Crippen LogP) is 4.04. The first-order chi connectivity index (χ1) is 10.1. The minimum absolute atomic E-state index is 0.0456. The van der Waals surface area contributed by atoms with Gasteiger partial charge in [0.25, 0.3) is 0 Å². The van der Waals surface area contributed by atoms with Gasteiger partial charge in [0.05, 0.1) is 0 Å². The molecule has 0 radical (unpaired) electrons. The van der Waals surface area contributed by atoms with Crippen LogP contribution < -0.4 is 0 Å². The maximum atomic E-state index is 12.1. The highest BCUT2D eigenvalue weighted by Crippen LogP contribution is 2.23. The zero-order chi connectivity index (χ0) is 15.2. The number of likely N-dealkylation sites (tertiary alicyclic amines) is 1. The topological polar surface area (TPSA) is 20.3 Å². The fourth-order valence-corrected chi connectivity index (χ4v) is 3.08. The summed E-state index contributed by atoms with van der Waals surface area (Å²) in [6.45, 7) is 5.84. The van der Waals surface area contributed by atoms with Crippen molar-refractivity contribution < 1.29 is 4.79 Å². The summed E-state index contributed by atoms with van der Waals surface area (Å²) in [5.74, 6) is 1.35. The molecule has 1 fully saturated rings. The van der Waals surface area contributed by atoms with E-state index in [-0.39, 0.29) is 11.8 Å². The molecule has 1 amide bonds. The third-order valence-corrected chi connectivity index (χ3v) is 5.00. The molecular formula is C18H26ClNO. The average Bonchev–Trinajstić information content (AvgIpc) is 2.53. The Kier molecular flexibility index (Phi) is 6.10. The maximum Gasteiger partial charge on any atom is 0.226 e. The van der Waals surface area contributed by atoms with Gasteiger partial charge in [-0.25, -0.2) is 0 Å². The summed E-state index contributed by atoms with van der Waals surface area (Å²) in [6.07, 6.45) is 4.65. The maximum absolute atomic E-state index is 12.1. The van der Waals surface area contributed by atoms with E-state index in [9.17, 15) is 4.79 Å². The molecule has 1 aliphatic rings. The van der Waals surface area contributed by atoms with Crippen LogP contribution in [0.5, 0.6) is 0 Å². The predicted molar refractivity (Wildman–Crippen MR) is 88.7 cm³/mol. The molecule has 1 aliphatic heterocycles. The second-order valence-corrected chi connectivity index (χ2v) is 6.66. The highest BCUT2D eigenvalue weighted by Gasteiger charge is 2.25. The zero-order valence-corrected chi connectivity index (χ0v) is 13.9. The molecule has 1 heterocycles. The van der Waals surface area contributed by atoms with E-state index in [0.29, 0.717) is 5.88 Å². The Hall–Kier alpha value is -1.02. The number of carbonyl (C=O) groups is 1. The van der Waals surface area contributed by atoms with E-state index < -0.39 is 0 Å². The standard InChI is InChI=1S/C18H26ClNO/c1-14-3-5-16(6-4-14)7-8-17-9-11-20(12-10-17)18(21)15(2)13-19/h3-6,15,17H,7-13H2,1-2H3. The number of aryl methyl sites for hydroxylation is 2. The summed E-state index contributed by atoms with van der Waals surface area (Å²) in [6, 6.07) is 8.83. The van der Waals surface area contributed by atoms with Crippen molar-refractivity contribution >= 4 is 17.5 Å². The van der Waals surface area contributed by atoms with Crippen molar-refractivity contribution in [3.63, 3.8) is 0 Å². The number of benzene rings is 1. The fraction of sp³-hybridized carbons (Fsp3) is 0.611. The molecule has 3 heteroatoms. The third-order valence-electron chi connectivity index (χ3n) is 4.54. The first kappa shape index (κ1) is 16.4. The Morgan fingerprint density at radius 3 is 2.48 bits per heavy atom. The summed E-state index contributed by atoms with van der Waals surface area (Å²) >= 11 is 5.78. The Labute approximate surface area is 133 Å². The van der Waals surface area contributed by atoms with E-state index in [1.54, 1.807) is 0 Å². The number of nitrogens with zero attached hydrogens (tertiary/aromatic N) is 1. The molecule has 21 heavy (non-hydrogen) atoms. The number of amides is 1. The Morgan fingerprint density at radius 1 is 1.29 bits per heavy atom. The zero-order valence-electron chi connectivity index (χ0n) is 13.1. The van der Waals surface area contributed by atoms with Crippen LogP contribution >= 0.6 is 11.6 Å². The highest BCUT2D eigenvalue weighted by atomic mass is 35.5. The molecule has 116 valence electrons. The molecule has 0 bridgehead atoms. The van der Waals surface area contributed by atoms with Crippen LogP contribution in [0, 0.1) is 18.8 Å². The molecule has 0 spiro atoms. The molecule has 1 aromatic rings. The van der Waals surface area contributed by atoms with Crippen LogP contribution in [0.2, 0.25) is 0 Å². The smallest absolute Gasteiger partial charge is 0.226 e. The van der Waals surface area contributed by atoms with Crippen LogP contribution in [0.1, 0.15) is 37.3 Å². The molecular weight excluding hydrogens is 282 g/mol. The molecule has 0 saturated carbocycles. The van der Waals surface area contributed by atoms with Crippen molar-refractivity contribution in [3.05, 3.63) is 35.4 Å². The van der Waals surface area contributed by atoms with Gasteiger partial charge in [-0.05, 0) is 44.1 Å². The fourth-order valence-electron chi connectivity index (χ4n) is 2.95. The van der Waals surface area contributed by atoms with Crippen LogP contribution in [-0.2, 0) is 11.2 Å². The Balaban J connectivity index is 1.74. The van der Waals surface area contributed by atoms with Gasteiger partial charge in [0, 0.05) is 24.9 Å². The van der Waals surface area contributed by atoms with Gasteiger partial charge < -0.3 is 4.90 Å². The lowest BCUT2D eigenvalue weighted by Gasteiger charge is -2.33. The van der Waals surface area contributed by atoms with E-state index in [1.165, 1.54) is 17.5 Å². The van der Waals surface area contributed by atoms with Gasteiger partial charge in [0.2, 0.25) is 5.91 Å². The Morgan fingerprint density at radius 2 is 1.90 bits per heavy atom. The van der Waals surface area contributed by atoms with Gasteiger partial charge in [0.15, 0.2) is 0 Å². The van der Waals surface area contributed by atoms with E-state index >= 15 is 0 Å². The summed E-state index contributed by atoms with van der Waals surface area (Å²) in [7, 11) is 0. The monoisotopic (exact) mass is 307 g/mol. The average molecular weight is 308 g/mol. The summed E-state index contributed by atoms with van der Waals surface area (Å²) < 4.78 is 0. The van der Waals surface area contributed by atoms with Crippen molar-refractivity contribution in [2.24, 2.45) is 11.8 Å². The molecule has 0 N–H and O–H groups in total. The normalized spacial score (nSPS) is 17.8. The molecule has 1 atom stereocenters. The van der Waals surface area contributed by atoms with Crippen molar-refractivity contribution in [2.45, 2.75) is 39.5 Å². The lowest BCUT2D eigenvalue weighted by Crippen LogP contribution is -2.41. The number of alkyl halides is 1. The summed E-state index contributed by atoms with van der Waals surface area (Å²) in [5.41, 5.74) is 2.74. The van der Waals surface area contributed by atoms with Crippen molar-refractivity contribution in [3.8, 4) is 0 Å². The van der Waals surface area contributed by atoms with Crippen molar-refractivity contribution in [2.75, 3.05) is 19.0 Å². The van der Waals surface area contributed by atoms with Crippen molar-refractivity contribution in [1.29, 1.82) is 0 Å². The molecule has 0 aliphatic carbocycles. The molecule has 2 nitrogen and oxygen atoms in total. The van der Waals surface area contributed by atoms with E-state index in [0.717, 1.165) is 38.3 Å². The van der Waals surface area contributed by atoms with E-state index in [1.807, 2.05) is 11.8 Å². The summed E-state index contributed by atoms with van der Waals surface area (Å²) in [4.78, 5) is 14.1. The number of hydrogen-bond acceptors (Lipinski definition) is 1. The SMILES string of the molecule is Cc1ccc(CCC2CCN(C(=O)C(C)CCl)CC2)cc1.